The van der Waals surface area contributed by atoms with Crippen molar-refractivity contribution in [1.29, 1.82) is 0 Å². The van der Waals surface area contributed by atoms with Crippen molar-refractivity contribution in [2.75, 3.05) is 6.54 Å². The topological polar surface area (TPSA) is 32.3 Å². The fourth-order valence-corrected chi connectivity index (χ4v) is 1.91. The second kappa shape index (κ2) is 9.06. The Morgan fingerprint density at radius 1 is 1.00 bits per heavy atom. The van der Waals surface area contributed by atoms with Gasteiger partial charge >= 0.3 is 0 Å². The Hall–Kier alpha value is -1.02. The molecule has 0 unspecified atom stereocenters. The maximum absolute atomic E-state index is 9.57. The SMILES string of the molecule is CCCCCCCCNCc1ccccc1O. The zero-order chi connectivity index (χ0) is 12.3. The minimum atomic E-state index is 0.392. The third kappa shape index (κ3) is 6.32. The van der Waals surface area contributed by atoms with Crippen LogP contribution in [0.2, 0.25) is 0 Å². The van der Waals surface area contributed by atoms with E-state index in [4.69, 9.17) is 0 Å². The largest absolute Gasteiger partial charge is 0.508 e. The molecule has 0 fully saturated rings. The highest BCUT2D eigenvalue weighted by atomic mass is 16.3. The van der Waals surface area contributed by atoms with Crippen LogP contribution in [0.4, 0.5) is 0 Å². The molecule has 17 heavy (non-hydrogen) atoms. The summed E-state index contributed by atoms with van der Waals surface area (Å²) in [5.41, 5.74) is 0.985. The average molecular weight is 235 g/mol. The lowest BCUT2D eigenvalue weighted by atomic mass is 10.1. The Balaban J connectivity index is 1.99. The fourth-order valence-electron chi connectivity index (χ4n) is 1.91. The molecule has 0 heterocycles. The molecule has 1 aromatic carbocycles. The predicted octanol–water partition coefficient (Wildman–Crippen LogP) is 3.84. The summed E-state index contributed by atoms with van der Waals surface area (Å²) in [5, 5.41) is 12.9. The number of nitrogens with one attached hydrogen (secondary N) is 1. The van der Waals surface area contributed by atoms with Crippen LogP contribution in [0.5, 0.6) is 5.75 Å². The standard InChI is InChI=1S/C15H25NO/c1-2-3-4-5-6-9-12-16-13-14-10-7-8-11-15(14)17/h7-8,10-11,16-17H,2-6,9,12-13H2,1H3. The first kappa shape index (κ1) is 14.0. The fraction of sp³-hybridized carbons (Fsp3) is 0.600. The zero-order valence-corrected chi connectivity index (χ0v) is 10.9. The van der Waals surface area contributed by atoms with E-state index in [0.717, 1.165) is 18.7 Å². The molecule has 1 aromatic rings. The molecule has 0 saturated carbocycles. The van der Waals surface area contributed by atoms with Gasteiger partial charge in [0.15, 0.2) is 0 Å². The molecule has 0 aliphatic heterocycles. The van der Waals surface area contributed by atoms with Gasteiger partial charge in [-0.3, -0.25) is 0 Å². The molecule has 1 rings (SSSR count). The number of aromatic hydroxyl groups is 1. The van der Waals surface area contributed by atoms with Crippen molar-refractivity contribution < 1.29 is 5.11 Å². The van der Waals surface area contributed by atoms with Crippen LogP contribution in [0.15, 0.2) is 24.3 Å². The molecule has 0 saturated heterocycles. The van der Waals surface area contributed by atoms with Crippen LogP contribution in [-0.4, -0.2) is 11.7 Å². The molecular formula is C15H25NO. The van der Waals surface area contributed by atoms with Crippen molar-refractivity contribution in [3.05, 3.63) is 29.8 Å². The van der Waals surface area contributed by atoms with Crippen LogP contribution in [0, 0.1) is 0 Å². The molecule has 2 heteroatoms. The van der Waals surface area contributed by atoms with Gasteiger partial charge in [0, 0.05) is 12.1 Å². The lowest BCUT2D eigenvalue weighted by molar-refractivity contribution is 0.463. The highest BCUT2D eigenvalue weighted by molar-refractivity contribution is 5.31. The first-order valence-corrected chi connectivity index (χ1v) is 6.82. The summed E-state index contributed by atoms with van der Waals surface area (Å²) < 4.78 is 0. The maximum atomic E-state index is 9.57. The van der Waals surface area contributed by atoms with Gasteiger partial charge in [-0.2, -0.15) is 0 Å². The quantitative estimate of drug-likeness (QED) is 0.637. The normalized spacial score (nSPS) is 10.6. The third-order valence-corrected chi connectivity index (χ3v) is 3.01. The Bertz CT molecular complexity index is 299. The van der Waals surface area contributed by atoms with Gasteiger partial charge in [-0.15, -0.1) is 0 Å². The van der Waals surface area contributed by atoms with Crippen molar-refractivity contribution in [2.24, 2.45) is 0 Å². The number of unbranched alkanes of at least 4 members (excludes halogenated alkanes) is 5. The molecule has 0 spiro atoms. The smallest absolute Gasteiger partial charge is 0.120 e. The number of phenols is 1. The molecule has 0 aliphatic carbocycles. The summed E-state index contributed by atoms with van der Waals surface area (Å²) in [6.45, 7) is 4.05. The Morgan fingerprint density at radius 2 is 1.71 bits per heavy atom. The van der Waals surface area contributed by atoms with Gasteiger partial charge in [-0.25, -0.2) is 0 Å². The number of hydrogen-bond acceptors (Lipinski definition) is 2. The van der Waals surface area contributed by atoms with Crippen LogP contribution in [0.25, 0.3) is 0 Å². The minimum Gasteiger partial charge on any atom is -0.508 e. The van der Waals surface area contributed by atoms with E-state index in [-0.39, 0.29) is 0 Å². The number of hydrogen-bond donors (Lipinski definition) is 2. The van der Waals surface area contributed by atoms with E-state index in [0.29, 0.717) is 5.75 Å². The summed E-state index contributed by atoms with van der Waals surface area (Å²) >= 11 is 0. The van der Waals surface area contributed by atoms with E-state index < -0.39 is 0 Å². The van der Waals surface area contributed by atoms with Gasteiger partial charge in [0.2, 0.25) is 0 Å². The molecule has 96 valence electrons. The predicted molar refractivity (Wildman–Crippen MR) is 73.2 cm³/mol. The Labute approximate surface area is 105 Å². The van der Waals surface area contributed by atoms with Crippen molar-refractivity contribution in [2.45, 2.75) is 52.0 Å². The Kier molecular flexibility index (Phi) is 7.48. The lowest BCUT2D eigenvalue weighted by Crippen LogP contribution is -2.14. The lowest BCUT2D eigenvalue weighted by Gasteiger charge is -2.06. The van der Waals surface area contributed by atoms with Crippen molar-refractivity contribution >= 4 is 0 Å². The van der Waals surface area contributed by atoms with Crippen molar-refractivity contribution in [1.82, 2.24) is 5.32 Å². The zero-order valence-electron chi connectivity index (χ0n) is 10.9. The highest BCUT2D eigenvalue weighted by Gasteiger charge is 1.97. The van der Waals surface area contributed by atoms with Crippen molar-refractivity contribution in [3.8, 4) is 5.75 Å². The molecule has 0 aliphatic rings. The van der Waals surface area contributed by atoms with E-state index >= 15 is 0 Å². The van der Waals surface area contributed by atoms with Gasteiger partial charge < -0.3 is 10.4 Å². The van der Waals surface area contributed by atoms with Gasteiger partial charge in [0.1, 0.15) is 5.75 Å². The van der Waals surface area contributed by atoms with E-state index in [1.165, 1.54) is 38.5 Å². The molecule has 0 bridgehead atoms. The second-order valence-corrected chi connectivity index (χ2v) is 4.57. The van der Waals surface area contributed by atoms with E-state index in [9.17, 15) is 5.11 Å². The number of para-hydroxylation sites is 1. The summed E-state index contributed by atoms with van der Waals surface area (Å²) in [5.74, 6) is 0.392. The van der Waals surface area contributed by atoms with Gasteiger partial charge in [-0.05, 0) is 19.0 Å². The number of rotatable bonds is 9. The molecule has 2 N–H and O–H groups in total. The number of phenolic OH excluding ortho intramolecular Hbond substituents is 1. The third-order valence-electron chi connectivity index (χ3n) is 3.01. The van der Waals surface area contributed by atoms with Crippen LogP contribution in [0.1, 0.15) is 51.0 Å². The van der Waals surface area contributed by atoms with Gasteiger partial charge in [-0.1, -0.05) is 57.2 Å². The van der Waals surface area contributed by atoms with E-state index in [1.807, 2.05) is 18.2 Å². The van der Waals surface area contributed by atoms with Crippen LogP contribution in [0.3, 0.4) is 0 Å². The minimum absolute atomic E-state index is 0.392. The van der Waals surface area contributed by atoms with Crippen molar-refractivity contribution in [3.63, 3.8) is 0 Å². The second-order valence-electron chi connectivity index (χ2n) is 4.57. The molecule has 0 amide bonds. The summed E-state index contributed by atoms with van der Waals surface area (Å²) in [6.07, 6.45) is 7.95. The maximum Gasteiger partial charge on any atom is 0.120 e. The van der Waals surface area contributed by atoms with E-state index in [2.05, 4.69) is 12.2 Å². The summed E-state index contributed by atoms with van der Waals surface area (Å²) in [6, 6.07) is 7.51. The van der Waals surface area contributed by atoms with Gasteiger partial charge in [0.05, 0.1) is 0 Å². The molecule has 2 nitrogen and oxygen atoms in total. The summed E-state index contributed by atoms with van der Waals surface area (Å²) in [7, 11) is 0. The van der Waals surface area contributed by atoms with Crippen LogP contribution in [-0.2, 0) is 6.54 Å². The number of benzene rings is 1. The molecule has 0 aromatic heterocycles. The molecule has 0 radical (unpaired) electrons. The highest BCUT2D eigenvalue weighted by Crippen LogP contribution is 2.14. The van der Waals surface area contributed by atoms with E-state index in [1.54, 1.807) is 6.07 Å². The van der Waals surface area contributed by atoms with Gasteiger partial charge in [0.25, 0.3) is 0 Å². The average Bonchev–Trinajstić information content (AvgIpc) is 2.35. The monoisotopic (exact) mass is 235 g/mol. The molecular weight excluding hydrogens is 210 g/mol. The summed E-state index contributed by atoms with van der Waals surface area (Å²) in [4.78, 5) is 0. The van der Waals surface area contributed by atoms with Crippen LogP contribution < -0.4 is 5.32 Å². The Morgan fingerprint density at radius 3 is 2.47 bits per heavy atom. The molecule has 0 atom stereocenters. The first-order chi connectivity index (χ1) is 8.34. The first-order valence-electron chi connectivity index (χ1n) is 6.82. The van der Waals surface area contributed by atoms with Crippen LogP contribution >= 0.6 is 0 Å².